The number of likely N-dealkylation sites (tertiary alicyclic amines) is 1. The highest BCUT2D eigenvalue weighted by molar-refractivity contribution is 5.63. The Kier molecular flexibility index (Phi) is 3.42. The highest BCUT2D eigenvalue weighted by Crippen LogP contribution is 2.39. The number of hydrogen-bond acceptors (Lipinski definition) is 4. The molecule has 2 atom stereocenters. The molecule has 3 aliphatic rings. The molecular weight excluding hydrogens is 312 g/mol. The van der Waals surface area contributed by atoms with Crippen molar-refractivity contribution in [1.82, 2.24) is 9.88 Å². The Hall–Kier alpha value is -2.20. The van der Waals surface area contributed by atoms with E-state index < -0.39 is 0 Å². The fourth-order valence-corrected chi connectivity index (χ4v) is 4.74. The van der Waals surface area contributed by atoms with Crippen LogP contribution < -0.4 is 10.2 Å². The van der Waals surface area contributed by atoms with E-state index in [1.807, 2.05) is 12.3 Å². The number of rotatable bonds is 1. The van der Waals surface area contributed by atoms with Gasteiger partial charge in [-0.3, -0.25) is 9.78 Å². The molecule has 1 saturated heterocycles. The van der Waals surface area contributed by atoms with E-state index in [1.54, 1.807) is 6.07 Å². The van der Waals surface area contributed by atoms with Crippen molar-refractivity contribution < 1.29 is 4.74 Å². The molecule has 4 heteroatoms. The van der Waals surface area contributed by atoms with Crippen molar-refractivity contribution in [2.45, 2.75) is 25.2 Å². The number of hydrogen-bond donors (Lipinski definition) is 0. The van der Waals surface area contributed by atoms with E-state index in [1.165, 1.54) is 11.1 Å². The molecule has 5 rings (SSSR count). The highest BCUT2D eigenvalue weighted by Gasteiger charge is 2.36. The van der Waals surface area contributed by atoms with Crippen LogP contribution in [0.25, 0.3) is 11.3 Å². The molecule has 2 aliphatic heterocycles. The molecule has 0 bridgehead atoms. The molecule has 0 amide bonds. The van der Waals surface area contributed by atoms with Gasteiger partial charge in [-0.25, -0.2) is 0 Å². The molecule has 3 heterocycles. The molecule has 25 heavy (non-hydrogen) atoms. The normalized spacial score (nSPS) is 24.4. The summed E-state index contributed by atoms with van der Waals surface area (Å²) in [4.78, 5) is 20.0. The van der Waals surface area contributed by atoms with Crippen LogP contribution in [-0.4, -0.2) is 36.6 Å². The van der Waals surface area contributed by atoms with E-state index in [0.29, 0.717) is 11.8 Å². The molecule has 4 nitrogen and oxygen atoms in total. The van der Waals surface area contributed by atoms with E-state index in [2.05, 4.69) is 24.1 Å². The van der Waals surface area contributed by atoms with Gasteiger partial charge in [0.05, 0.1) is 12.3 Å². The maximum atomic E-state index is 12.9. The Morgan fingerprint density at radius 2 is 2.12 bits per heavy atom. The lowest BCUT2D eigenvalue weighted by Crippen LogP contribution is -2.22. The molecule has 128 valence electrons. The van der Waals surface area contributed by atoms with Gasteiger partial charge in [-0.2, -0.15) is 0 Å². The first-order chi connectivity index (χ1) is 12.2. The lowest BCUT2D eigenvalue weighted by Gasteiger charge is -2.25. The fourth-order valence-electron chi connectivity index (χ4n) is 4.74. The lowest BCUT2D eigenvalue weighted by atomic mass is 9.78. The average Bonchev–Trinajstić information content (AvgIpc) is 3.18. The van der Waals surface area contributed by atoms with Crippen molar-refractivity contribution >= 4 is 0 Å². The first-order valence-electron chi connectivity index (χ1n) is 9.17. The lowest BCUT2D eigenvalue weighted by molar-refractivity contribution is 0.357. The smallest absolute Gasteiger partial charge is 0.184 e. The topological polar surface area (TPSA) is 42.4 Å². The Balaban J connectivity index is 1.61. The van der Waals surface area contributed by atoms with E-state index in [0.717, 1.165) is 61.5 Å². The van der Waals surface area contributed by atoms with Gasteiger partial charge in [0.1, 0.15) is 5.75 Å². The van der Waals surface area contributed by atoms with Gasteiger partial charge >= 0.3 is 0 Å². The summed E-state index contributed by atoms with van der Waals surface area (Å²) in [6, 6.07) is 7.89. The largest absolute Gasteiger partial charge is 0.493 e. The van der Waals surface area contributed by atoms with Gasteiger partial charge in [0.25, 0.3) is 0 Å². The van der Waals surface area contributed by atoms with Crippen molar-refractivity contribution in [3.63, 3.8) is 0 Å². The minimum Gasteiger partial charge on any atom is -0.493 e. The fraction of sp³-hybridized carbons (Fsp3) is 0.429. The summed E-state index contributed by atoms with van der Waals surface area (Å²) in [5.74, 6) is 2.05. The van der Waals surface area contributed by atoms with Crippen LogP contribution in [0.4, 0.5) is 0 Å². The van der Waals surface area contributed by atoms with Crippen LogP contribution in [0.5, 0.6) is 5.75 Å². The second kappa shape index (κ2) is 5.67. The quantitative estimate of drug-likeness (QED) is 0.804. The monoisotopic (exact) mass is 334 g/mol. The van der Waals surface area contributed by atoms with Crippen LogP contribution in [0.3, 0.4) is 0 Å². The molecule has 1 fully saturated rings. The van der Waals surface area contributed by atoms with E-state index >= 15 is 0 Å². The second-order valence-electron chi connectivity index (χ2n) is 7.63. The molecule has 1 aliphatic carbocycles. The number of likely N-dealkylation sites (N-methyl/N-ethyl adjacent to an activating group) is 1. The van der Waals surface area contributed by atoms with Crippen molar-refractivity contribution in [2.75, 3.05) is 26.7 Å². The van der Waals surface area contributed by atoms with Crippen LogP contribution in [0.15, 0.2) is 35.3 Å². The first kappa shape index (κ1) is 15.1. The molecular formula is C21H22N2O2. The zero-order valence-electron chi connectivity index (χ0n) is 14.5. The van der Waals surface area contributed by atoms with Gasteiger partial charge in [0, 0.05) is 48.8 Å². The van der Waals surface area contributed by atoms with Gasteiger partial charge in [0.2, 0.25) is 0 Å². The predicted molar refractivity (Wildman–Crippen MR) is 97.2 cm³/mol. The maximum Gasteiger partial charge on any atom is 0.184 e. The highest BCUT2D eigenvalue weighted by atomic mass is 16.5. The van der Waals surface area contributed by atoms with Gasteiger partial charge in [-0.05, 0) is 43.0 Å². The van der Waals surface area contributed by atoms with Gasteiger partial charge in [-0.15, -0.1) is 0 Å². The summed E-state index contributed by atoms with van der Waals surface area (Å²) in [5, 5.41) is 0. The van der Waals surface area contributed by atoms with Crippen molar-refractivity contribution in [1.29, 1.82) is 0 Å². The molecule has 2 aromatic rings. The van der Waals surface area contributed by atoms with Crippen molar-refractivity contribution in [2.24, 2.45) is 5.92 Å². The number of fused-ring (bicyclic) bond motifs is 4. The summed E-state index contributed by atoms with van der Waals surface area (Å²) in [6.07, 6.45) is 4.93. The Bertz CT molecular complexity index is 909. The molecule has 1 aromatic carbocycles. The van der Waals surface area contributed by atoms with Gasteiger partial charge < -0.3 is 9.64 Å². The summed E-state index contributed by atoms with van der Waals surface area (Å²) in [7, 11) is 2.17. The standard InChI is InChI=1S/C21H22N2O2/c1-23-11-15-4-5-16-17(18(15)12-23)10-22-19(9-20(16)24)14-3-2-13-6-7-25-21(13)8-14/h2-3,8-10,15,18H,4-7,11-12H2,1H3. The maximum absolute atomic E-state index is 12.9. The van der Waals surface area contributed by atoms with Crippen LogP contribution in [0.1, 0.15) is 29.0 Å². The minimum atomic E-state index is 0.136. The molecule has 2 unspecified atom stereocenters. The SMILES string of the molecule is CN1CC2CCc3c(cnc(-c4ccc5c(c4)OCC5)cc3=O)C2C1. The van der Waals surface area contributed by atoms with Gasteiger partial charge in [-0.1, -0.05) is 12.1 Å². The Morgan fingerprint density at radius 1 is 1.20 bits per heavy atom. The van der Waals surface area contributed by atoms with E-state index in [9.17, 15) is 4.79 Å². The third-order valence-electron chi connectivity index (χ3n) is 6.04. The van der Waals surface area contributed by atoms with E-state index in [4.69, 9.17) is 9.72 Å². The number of ether oxygens (including phenoxy) is 1. The summed E-state index contributed by atoms with van der Waals surface area (Å²) in [5.41, 5.74) is 5.24. The van der Waals surface area contributed by atoms with Crippen LogP contribution in [-0.2, 0) is 12.8 Å². The molecule has 0 N–H and O–H groups in total. The zero-order valence-corrected chi connectivity index (χ0v) is 14.5. The predicted octanol–water partition coefficient (Wildman–Crippen LogP) is 2.64. The van der Waals surface area contributed by atoms with Crippen molar-refractivity contribution in [3.8, 4) is 17.0 Å². The van der Waals surface area contributed by atoms with E-state index in [-0.39, 0.29) is 5.43 Å². The Morgan fingerprint density at radius 3 is 3.04 bits per heavy atom. The molecule has 0 saturated carbocycles. The third kappa shape index (κ3) is 2.47. The summed E-state index contributed by atoms with van der Waals surface area (Å²) >= 11 is 0. The average molecular weight is 334 g/mol. The summed E-state index contributed by atoms with van der Waals surface area (Å²) in [6.45, 7) is 2.91. The summed E-state index contributed by atoms with van der Waals surface area (Å²) < 4.78 is 5.67. The Labute approximate surface area is 147 Å². The zero-order chi connectivity index (χ0) is 17.0. The van der Waals surface area contributed by atoms with Crippen LogP contribution >= 0.6 is 0 Å². The van der Waals surface area contributed by atoms with Crippen LogP contribution in [0, 0.1) is 5.92 Å². The molecule has 0 radical (unpaired) electrons. The minimum absolute atomic E-state index is 0.136. The number of benzene rings is 1. The van der Waals surface area contributed by atoms with Crippen molar-refractivity contribution in [3.05, 3.63) is 57.4 Å². The number of aromatic nitrogens is 1. The second-order valence-corrected chi connectivity index (χ2v) is 7.63. The number of nitrogens with zero attached hydrogens (tertiary/aromatic N) is 2. The molecule has 1 aromatic heterocycles. The third-order valence-corrected chi connectivity index (χ3v) is 6.04. The first-order valence-corrected chi connectivity index (χ1v) is 9.17. The van der Waals surface area contributed by atoms with Crippen LogP contribution in [0.2, 0.25) is 0 Å². The van der Waals surface area contributed by atoms with Gasteiger partial charge in [0.15, 0.2) is 5.43 Å². The molecule has 0 spiro atoms.